The van der Waals surface area contributed by atoms with Crippen molar-refractivity contribution in [3.05, 3.63) is 35.9 Å². The van der Waals surface area contributed by atoms with Crippen molar-refractivity contribution in [2.45, 2.75) is 84.1 Å². The molecule has 0 bridgehead atoms. The second-order valence-electron chi connectivity index (χ2n) is 9.05. The fourth-order valence-electron chi connectivity index (χ4n) is 3.80. The van der Waals surface area contributed by atoms with E-state index in [9.17, 15) is 4.79 Å². The summed E-state index contributed by atoms with van der Waals surface area (Å²) in [5.74, 6) is 0.316. The molecule has 1 rings (SSSR count). The molecule has 29 heavy (non-hydrogen) atoms. The van der Waals surface area contributed by atoms with Crippen LogP contribution in [-0.2, 0) is 11.3 Å². The van der Waals surface area contributed by atoms with Crippen molar-refractivity contribution in [3.8, 4) is 0 Å². The molecule has 0 unspecified atom stereocenters. The van der Waals surface area contributed by atoms with Gasteiger partial charge in [-0.05, 0) is 6.42 Å². The molecule has 0 atom stereocenters. The predicted octanol–water partition coefficient (Wildman–Crippen LogP) is 6.61. The number of rotatable bonds is 16. The monoisotopic (exact) mass is 469 g/mol. The number of hydrogen-bond acceptors (Lipinski definition) is 1. The van der Waals surface area contributed by atoms with E-state index in [1.807, 2.05) is 11.9 Å². The molecule has 0 aliphatic rings. The molecule has 3 nitrogen and oxygen atoms in total. The summed E-state index contributed by atoms with van der Waals surface area (Å²) in [7, 11) is 6.52. The number of unbranched alkanes of at least 4 members (excludes halogenated alkanes) is 8. The molecule has 0 spiro atoms. The molecule has 0 heterocycles. The van der Waals surface area contributed by atoms with Crippen LogP contribution in [0.5, 0.6) is 0 Å². The SMILES string of the molecule is Br.CCCCCCCCCCCC(=O)N(C)CCC[N+](C)(C)Cc1ccccc1. The van der Waals surface area contributed by atoms with Gasteiger partial charge in [0.25, 0.3) is 0 Å². The zero-order valence-corrected chi connectivity index (χ0v) is 21.2. The van der Waals surface area contributed by atoms with Crippen LogP contribution in [0.4, 0.5) is 0 Å². The summed E-state index contributed by atoms with van der Waals surface area (Å²) in [4.78, 5) is 14.3. The molecule has 0 saturated carbocycles. The molecular formula is C25H46BrN2O+. The summed E-state index contributed by atoms with van der Waals surface area (Å²) < 4.78 is 0.963. The quantitative estimate of drug-likeness (QED) is 0.197. The summed E-state index contributed by atoms with van der Waals surface area (Å²) in [5, 5.41) is 0. The van der Waals surface area contributed by atoms with Crippen LogP contribution >= 0.6 is 17.0 Å². The number of nitrogens with zero attached hydrogens (tertiary/aromatic N) is 2. The van der Waals surface area contributed by atoms with Gasteiger partial charge in [0, 0.05) is 32.0 Å². The Balaban J connectivity index is 0.00000784. The van der Waals surface area contributed by atoms with E-state index in [1.165, 1.54) is 56.9 Å². The highest BCUT2D eigenvalue weighted by molar-refractivity contribution is 8.93. The summed E-state index contributed by atoms with van der Waals surface area (Å²) in [6.07, 6.45) is 13.5. The molecule has 1 aromatic carbocycles. The third-order valence-electron chi connectivity index (χ3n) is 5.63. The van der Waals surface area contributed by atoms with Gasteiger partial charge in [-0.15, -0.1) is 17.0 Å². The van der Waals surface area contributed by atoms with E-state index in [4.69, 9.17) is 0 Å². The molecule has 4 heteroatoms. The molecule has 1 amide bonds. The summed E-state index contributed by atoms with van der Waals surface area (Å²) in [6.45, 7) is 5.26. The molecule has 0 radical (unpaired) electrons. The van der Waals surface area contributed by atoms with Gasteiger partial charge in [-0.25, -0.2) is 0 Å². The molecule has 0 fully saturated rings. The van der Waals surface area contributed by atoms with E-state index in [1.54, 1.807) is 0 Å². The van der Waals surface area contributed by atoms with E-state index in [0.717, 1.165) is 37.0 Å². The van der Waals surface area contributed by atoms with Crippen LogP contribution < -0.4 is 0 Å². The van der Waals surface area contributed by atoms with E-state index in [0.29, 0.717) is 12.3 Å². The van der Waals surface area contributed by atoms with Crippen LogP contribution in [0.15, 0.2) is 30.3 Å². The van der Waals surface area contributed by atoms with Gasteiger partial charge >= 0.3 is 0 Å². The highest BCUT2D eigenvalue weighted by Gasteiger charge is 2.16. The molecule has 0 aliphatic carbocycles. The van der Waals surface area contributed by atoms with Crippen molar-refractivity contribution in [2.24, 2.45) is 0 Å². The maximum atomic E-state index is 12.3. The molecule has 1 aromatic rings. The van der Waals surface area contributed by atoms with E-state index in [-0.39, 0.29) is 17.0 Å². The van der Waals surface area contributed by atoms with Crippen molar-refractivity contribution in [3.63, 3.8) is 0 Å². The van der Waals surface area contributed by atoms with Gasteiger partial charge < -0.3 is 9.38 Å². The van der Waals surface area contributed by atoms with Gasteiger partial charge in [0.2, 0.25) is 5.91 Å². The molecule has 168 valence electrons. The first-order chi connectivity index (χ1) is 13.4. The maximum absolute atomic E-state index is 12.3. The Bertz CT molecular complexity index is 519. The Hall–Kier alpha value is -0.870. The second kappa shape index (κ2) is 16.9. The van der Waals surface area contributed by atoms with Crippen LogP contribution in [0.2, 0.25) is 0 Å². The van der Waals surface area contributed by atoms with E-state index >= 15 is 0 Å². The standard InChI is InChI=1S/C25H45N2O.BrH/c1-5-6-7-8-9-10-11-12-16-20-25(28)26(2)21-17-22-27(3,4)23-24-18-14-13-15-19-24;/h13-15,18-19H,5-12,16-17,20-23H2,1-4H3;1H/q+1;. The van der Waals surface area contributed by atoms with E-state index < -0.39 is 0 Å². The van der Waals surface area contributed by atoms with Crippen LogP contribution in [0, 0.1) is 0 Å². The van der Waals surface area contributed by atoms with Crippen LogP contribution in [-0.4, -0.2) is 49.5 Å². The first-order valence-corrected chi connectivity index (χ1v) is 11.5. The highest BCUT2D eigenvalue weighted by Crippen LogP contribution is 2.12. The van der Waals surface area contributed by atoms with E-state index in [2.05, 4.69) is 51.4 Å². The number of quaternary nitrogens is 1. The Labute approximate surface area is 191 Å². The van der Waals surface area contributed by atoms with Crippen LogP contribution in [0.3, 0.4) is 0 Å². The maximum Gasteiger partial charge on any atom is 0.222 e. The lowest BCUT2D eigenvalue weighted by Crippen LogP contribution is -2.41. The number of carbonyl (C=O) groups excluding carboxylic acids is 1. The van der Waals surface area contributed by atoms with Crippen molar-refractivity contribution in [1.82, 2.24) is 4.90 Å². The third-order valence-corrected chi connectivity index (χ3v) is 5.63. The van der Waals surface area contributed by atoms with Crippen LogP contribution in [0.1, 0.15) is 83.1 Å². The Kier molecular flexibility index (Phi) is 16.4. The Morgan fingerprint density at radius 1 is 0.862 bits per heavy atom. The van der Waals surface area contributed by atoms with Gasteiger partial charge in [0.05, 0.1) is 20.6 Å². The number of hydrogen-bond donors (Lipinski definition) is 0. The molecule has 0 N–H and O–H groups in total. The topological polar surface area (TPSA) is 20.3 Å². The second-order valence-corrected chi connectivity index (χ2v) is 9.05. The summed E-state index contributed by atoms with van der Waals surface area (Å²) in [6, 6.07) is 10.7. The average Bonchev–Trinajstić information content (AvgIpc) is 2.66. The van der Waals surface area contributed by atoms with Crippen LogP contribution in [0.25, 0.3) is 0 Å². The Morgan fingerprint density at radius 3 is 2.00 bits per heavy atom. The van der Waals surface area contributed by atoms with Crippen molar-refractivity contribution in [2.75, 3.05) is 34.2 Å². The lowest BCUT2D eigenvalue weighted by molar-refractivity contribution is -0.903. The third kappa shape index (κ3) is 14.7. The fourth-order valence-corrected chi connectivity index (χ4v) is 3.80. The first kappa shape index (κ1) is 28.1. The lowest BCUT2D eigenvalue weighted by atomic mass is 10.1. The minimum absolute atomic E-state index is 0. The average molecular weight is 471 g/mol. The highest BCUT2D eigenvalue weighted by atomic mass is 79.9. The van der Waals surface area contributed by atoms with Crippen molar-refractivity contribution in [1.29, 1.82) is 0 Å². The largest absolute Gasteiger partial charge is 0.346 e. The summed E-state index contributed by atoms with van der Waals surface area (Å²) in [5.41, 5.74) is 1.38. The lowest BCUT2D eigenvalue weighted by Gasteiger charge is -2.30. The molecular weight excluding hydrogens is 424 g/mol. The van der Waals surface area contributed by atoms with Gasteiger partial charge in [-0.3, -0.25) is 4.79 Å². The number of benzene rings is 1. The minimum atomic E-state index is 0. The number of halogens is 1. The Morgan fingerprint density at radius 2 is 1.41 bits per heavy atom. The van der Waals surface area contributed by atoms with Crippen molar-refractivity contribution < 1.29 is 9.28 Å². The van der Waals surface area contributed by atoms with Gasteiger partial charge in [0.1, 0.15) is 6.54 Å². The first-order valence-electron chi connectivity index (χ1n) is 11.5. The van der Waals surface area contributed by atoms with Gasteiger partial charge in [0.15, 0.2) is 0 Å². The fraction of sp³-hybridized carbons (Fsp3) is 0.720. The smallest absolute Gasteiger partial charge is 0.222 e. The summed E-state index contributed by atoms with van der Waals surface area (Å²) >= 11 is 0. The predicted molar refractivity (Wildman–Crippen MR) is 132 cm³/mol. The molecule has 0 aliphatic heterocycles. The van der Waals surface area contributed by atoms with Crippen molar-refractivity contribution >= 4 is 22.9 Å². The van der Waals surface area contributed by atoms with Gasteiger partial charge in [-0.1, -0.05) is 88.6 Å². The van der Waals surface area contributed by atoms with Gasteiger partial charge in [-0.2, -0.15) is 0 Å². The zero-order chi connectivity index (χ0) is 20.7. The molecule has 0 aromatic heterocycles. The number of amides is 1. The molecule has 0 saturated heterocycles. The normalized spacial score (nSPS) is 11.2. The zero-order valence-electron chi connectivity index (χ0n) is 19.5. The minimum Gasteiger partial charge on any atom is -0.346 e. The number of carbonyl (C=O) groups is 1.